The van der Waals surface area contributed by atoms with Crippen molar-refractivity contribution in [2.75, 3.05) is 18.5 Å². The van der Waals surface area contributed by atoms with E-state index in [1.54, 1.807) is 6.92 Å². The van der Waals surface area contributed by atoms with Crippen LogP contribution >= 0.6 is 0 Å². The lowest BCUT2D eigenvalue weighted by atomic mass is 10.2. The van der Waals surface area contributed by atoms with Crippen molar-refractivity contribution in [2.45, 2.75) is 13.3 Å². The van der Waals surface area contributed by atoms with E-state index in [-0.39, 0.29) is 12.4 Å². The Morgan fingerprint density at radius 1 is 1.31 bits per heavy atom. The molecular weight excluding hydrogens is 226 g/mol. The van der Waals surface area contributed by atoms with Gasteiger partial charge in [-0.2, -0.15) is 0 Å². The van der Waals surface area contributed by atoms with Gasteiger partial charge in [0.05, 0.1) is 6.61 Å². The van der Waals surface area contributed by atoms with Crippen molar-refractivity contribution in [1.29, 1.82) is 0 Å². The van der Waals surface area contributed by atoms with Crippen LogP contribution in [-0.4, -0.2) is 19.5 Å². The van der Waals surface area contributed by atoms with E-state index in [1.165, 1.54) is 18.2 Å². The minimum absolute atomic E-state index is 0.00455. The number of ether oxygens (including phenoxy) is 1. The molecule has 0 fully saturated rings. The van der Waals surface area contributed by atoms with Crippen LogP contribution in [0.1, 0.15) is 5.56 Å². The molecule has 0 aliphatic carbocycles. The van der Waals surface area contributed by atoms with E-state index >= 15 is 0 Å². The number of alkyl halides is 3. The van der Waals surface area contributed by atoms with Crippen LogP contribution in [0.15, 0.2) is 18.2 Å². The standard InChI is InChI=1S/C10H11F4NO/c1-7-6-8(2-3-9(7)11)15-4-5-16-10(12,13)14/h2-3,6,15H,4-5H2,1H3. The van der Waals surface area contributed by atoms with Gasteiger partial charge >= 0.3 is 6.36 Å². The summed E-state index contributed by atoms with van der Waals surface area (Å²) < 4.78 is 51.2. The molecule has 0 heterocycles. The van der Waals surface area contributed by atoms with Gasteiger partial charge in [0.25, 0.3) is 0 Å². The molecule has 90 valence electrons. The van der Waals surface area contributed by atoms with Crippen LogP contribution < -0.4 is 5.32 Å². The largest absolute Gasteiger partial charge is 0.522 e. The summed E-state index contributed by atoms with van der Waals surface area (Å²) >= 11 is 0. The zero-order chi connectivity index (χ0) is 12.2. The van der Waals surface area contributed by atoms with Gasteiger partial charge in [-0.25, -0.2) is 4.39 Å². The molecule has 0 saturated carbocycles. The third-order valence-electron chi connectivity index (χ3n) is 1.85. The second-order valence-corrected chi connectivity index (χ2v) is 3.18. The average Bonchev–Trinajstić information content (AvgIpc) is 2.17. The molecule has 6 heteroatoms. The highest BCUT2D eigenvalue weighted by Crippen LogP contribution is 2.16. The van der Waals surface area contributed by atoms with Crippen molar-refractivity contribution in [3.8, 4) is 0 Å². The van der Waals surface area contributed by atoms with Gasteiger partial charge < -0.3 is 5.32 Å². The molecule has 0 radical (unpaired) electrons. The van der Waals surface area contributed by atoms with Crippen molar-refractivity contribution in [3.05, 3.63) is 29.6 Å². The number of rotatable bonds is 4. The number of benzene rings is 1. The Morgan fingerprint density at radius 2 is 2.00 bits per heavy atom. The number of hydrogen-bond acceptors (Lipinski definition) is 2. The summed E-state index contributed by atoms with van der Waals surface area (Å²) in [5.74, 6) is -0.350. The molecule has 1 aromatic carbocycles. The first-order valence-corrected chi connectivity index (χ1v) is 4.59. The monoisotopic (exact) mass is 237 g/mol. The number of aryl methyl sites for hydroxylation is 1. The van der Waals surface area contributed by atoms with Gasteiger partial charge in [-0.3, -0.25) is 4.74 Å². The van der Waals surface area contributed by atoms with Crippen LogP contribution in [0, 0.1) is 12.7 Å². The van der Waals surface area contributed by atoms with Crippen molar-refractivity contribution >= 4 is 5.69 Å². The molecule has 0 saturated heterocycles. The normalized spacial score (nSPS) is 11.6. The van der Waals surface area contributed by atoms with E-state index in [4.69, 9.17) is 0 Å². The van der Waals surface area contributed by atoms with Crippen molar-refractivity contribution in [2.24, 2.45) is 0 Å². The van der Waals surface area contributed by atoms with E-state index in [0.29, 0.717) is 11.3 Å². The summed E-state index contributed by atoms with van der Waals surface area (Å²) in [5, 5.41) is 2.69. The zero-order valence-electron chi connectivity index (χ0n) is 8.57. The van der Waals surface area contributed by atoms with Gasteiger partial charge in [-0.15, -0.1) is 13.2 Å². The second-order valence-electron chi connectivity index (χ2n) is 3.18. The predicted molar refractivity (Wildman–Crippen MR) is 51.6 cm³/mol. The van der Waals surface area contributed by atoms with Gasteiger partial charge in [0, 0.05) is 12.2 Å². The Balaban J connectivity index is 2.35. The first-order valence-electron chi connectivity index (χ1n) is 4.59. The van der Waals surface area contributed by atoms with E-state index in [1.807, 2.05) is 0 Å². The molecular formula is C10H11F4NO. The molecule has 0 unspecified atom stereocenters. The van der Waals surface area contributed by atoms with Crippen LogP contribution in [0.4, 0.5) is 23.2 Å². The summed E-state index contributed by atoms with van der Waals surface area (Å²) in [6.45, 7) is 1.09. The highest BCUT2D eigenvalue weighted by molar-refractivity contribution is 5.45. The number of halogens is 4. The average molecular weight is 237 g/mol. The maximum atomic E-state index is 12.8. The molecule has 1 N–H and O–H groups in total. The third-order valence-corrected chi connectivity index (χ3v) is 1.85. The molecule has 0 amide bonds. The summed E-state index contributed by atoms with van der Waals surface area (Å²) in [6, 6.07) is 4.22. The maximum absolute atomic E-state index is 12.8. The SMILES string of the molecule is Cc1cc(NCCOC(F)(F)F)ccc1F. The van der Waals surface area contributed by atoms with Crippen molar-refractivity contribution in [1.82, 2.24) is 0 Å². The van der Waals surface area contributed by atoms with E-state index < -0.39 is 13.0 Å². The number of hydrogen-bond donors (Lipinski definition) is 1. The fourth-order valence-corrected chi connectivity index (χ4v) is 1.12. The number of nitrogens with one attached hydrogen (secondary N) is 1. The smallest absolute Gasteiger partial charge is 0.383 e. The predicted octanol–water partition coefficient (Wildman–Crippen LogP) is 3.08. The lowest BCUT2D eigenvalue weighted by Crippen LogP contribution is -2.19. The summed E-state index contributed by atoms with van der Waals surface area (Å²) in [5.41, 5.74) is 0.992. The van der Waals surface area contributed by atoms with Crippen molar-refractivity contribution in [3.63, 3.8) is 0 Å². The minimum Gasteiger partial charge on any atom is -0.383 e. The van der Waals surface area contributed by atoms with E-state index in [9.17, 15) is 17.6 Å². The molecule has 0 atom stereocenters. The Kier molecular flexibility index (Phi) is 4.12. The van der Waals surface area contributed by atoms with Crippen LogP contribution in [0.2, 0.25) is 0 Å². The summed E-state index contributed by atoms with van der Waals surface area (Å²) in [6.07, 6.45) is -4.61. The maximum Gasteiger partial charge on any atom is 0.522 e. The quantitative estimate of drug-likeness (QED) is 0.641. The number of anilines is 1. The molecule has 0 aliphatic heterocycles. The lowest BCUT2D eigenvalue weighted by Gasteiger charge is -2.09. The molecule has 0 spiro atoms. The van der Waals surface area contributed by atoms with Gasteiger partial charge in [0.15, 0.2) is 0 Å². The van der Waals surface area contributed by atoms with Crippen molar-refractivity contribution < 1.29 is 22.3 Å². The van der Waals surface area contributed by atoms with Crippen LogP contribution in [0.3, 0.4) is 0 Å². The molecule has 0 bridgehead atoms. The molecule has 1 aromatic rings. The Morgan fingerprint density at radius 3 is 2.56 bits per heavy atom. The highest BCUT2D eigenvalue weighted by atomic mass is 19.4. The summed E-state index contributed by atoms with van der Waals surface area (Å²) in [4.78, 5) is 0. The van der Waals surface area contributed by atoms with Gasteiger partial charge in [-0.1, -0.05) is 0 Å². The topological polar surface area (TPSA) is 21.3 Å². The third kappa shape index (κ3) is 4.48. The molecule has 16 heavy (non-hydrogen) atoms. The van der Waals surface area contributed by atoms with E-state index in [0.717, 1.165) is 0 Å². The van der Waals surface area contributed by atoms with Crippen LogP contribution in [0.5, 0.6) is 0 Å². The van der Waals surface area contributed by atoms with E-state index in [2.05, 4.69) is 10.1 Å². The van der Waals surface area contributed by atoms with Gasteiger partial charge in [0.2, 0.25) is 0 Å². The highest BCUT2D eigenvalue weighted by Gasteiger charge is 2.28. The minimum atomic E-state index is -4.61. The lowest BCUT2D eigenvalue weighted by molar-refractivity contribution is -0.322. The molecule has 0 aromatic heterocycles. The first kappa shape index (κ1) is 12.8. The Hall–Kier alpha value is -1.30. The molecule has 2 nitrogen and oxygen atoms in total. The Labute approximate surface area is 90.2 Å². The molecule has 0 aliphatic rings. The fourth-order valence-electron chi connectivity index (χ4n) is 1.12. The van der Waals surface area contributed by atoms with Gasteiger partial charge in [0.1, 0.15) is 5.82 Å². The van der Waals surface area contributed by atoms with Crippen LogP contribution in [-0.2, 0) is 4.74 Å². The molecule has 1 rings (SSSR count). The second kappa shape index (κ2) is 5.16. The zero-order valence-corrected chi connectivity index (χ0v) is 8.57. The Bertz CT molecular complexity index is 351. The van der Waals surface area contributed by atoms with Crippen LogP contribution in [0.25, 0.3) is 0 Å². The van der Waals surface area contributed by atoms with Gasteiger partial charge in [-0.05, 0) is 30.7 Å². The first-order chi connectivity index (χ1) is 7.38. The fraction of sp³-hybridized carbons (Fsp3) is 0.400. The summed E-state index contributed by atoms with van der Waals surface area (Å²) in [7, 11) is 0.